The fraction of sp³-hybridized carbons (Fsp3) is 0.643. The van der Waals surface area contributed by atoms with E-state index in [1.165, 1.54) is 31.4 Å². The molecule has 0 radical (unpaired) electrons. The molecule has 5 heteroatoms. The molecule has 19 heavy (non-hydrogen) atoms. The van der Waals surface area contributed by atoms with E-state index < -0.39 is 0 Å². The van der Waals surface area contributed by atoms with Gasteiger partial charge < -0.3 is 0 Å². The van der Waals surface area contributed by atoms with Crippen molar-refractivity contribution in [2.24, 2.45) is 5.10 Å². The number of aromatic nitrogens is 2. The number of piperidine rings is 1. The Bertz CT molecular complexity index is 415. The normalized spacial score (nSPS) is 21.6. The molecule has 3 rings (SSSR count). The first kappa shape index (κ1) is 12.5. The van der Waals surface area contributed by atoms with Gasteiger partial charge >= 0.3 is 0 Å². The number of hydrogen-bond acceptors (Lipinski definition) is 5. The fourth-order valence-corrected chi connectivity index (χ4v) is 3.01. The van der Waals surface area contributed by atoms with Crippen LogP contribution in [0.15, 0.2) is 23.6 Å². The standard InChI is InChI=1S/C14H21N5/c1-2-5-13(4-1)19-10-6-12(7-11-19)17-18-14-15-8-3-9-16-14/h3,8-9,13H,1-2,4-7,10-11H2,(H,15,16,18). The Morgan fingerprint density at radius 1 is 1.11 bits per heavy atom. The Kier molecular flexibility index (Phi) is 4.03. The molecule has 102 valence electrons. The van der Waals surface area contributed by atoms with Crippen LogP contribution in [0.4, 0.5) is 5.95 Å². The summed E-state index contributed by atoms with van der Waals surface area (Å²) in [4.78, 5) is 10.8. The van der Waals surface area contributed by atoms with Crippen LogP contribution in [0.25, 0.3) is 0 Å². The fourth-order valence-electron chi connectivity index (χ4n) is 3.01. The summed E-state index contributed by atoms with van der Waals surface area (Å²) in [6.07, 6.45) is 11.2. The monoisotopic (exact) mass is 259 g/mol. The maximum Gasteiger partial charge on any atom is 0.243 e. The van der Waals surface area contributed by atoms with Crippen molar-refractivity contribution in [1.82, 2.24) is 14.9 Å². The van der Waals surface area contributed by atoms with Crippen molar-refractivity contribution in [3.63, 3.8) is 0 Å². The summed E-state index contributed by atoms with van der Waals surface area (Å²) in [5.41, 5.74) is 4.18. The molecule has 2 aliphatic rings. The van der Waals surface area contributed by atoms with Gasteiger partial charge in [0, 0.05) is 50.1 Å². The zero-order valence-electron chi connectivity index (χ0n) is 11.3. The van der Waals surface area contributed by atoms with Crippen molar-refractivity contribution in [2.75, 3.05) is 18.5 Å². The van der Waals surface area contributed by atoms with Gasteiger partial charge in [0.15, 0.2) is 0 Å². The van der Waals surface area contributed by atoms with E-state index in [9.17, 15) is 0 Å². The van der Waals surface area contributed by atoms with Crippen molar-refractivity contribution in [3.05, 3.63) is 18.5 Å². The molecule has 0 amide bonds. The second kappa shape index (κ2) is 6.10. The Morgan fingerprint density at radius 2 is 1.79 bits per heavy atom. The molecule has 2 fully saturated rings. The number of nitrogens with one attached hydrogen (secondary N) is 1. The van der Waals surface area contributed by atoms with E-state index in [1.807, 2.05) is 0 Å². The minimum absolute atomic E-state index is 0.577. The van der Waals surface area contributed by atoms with Crippen LogP contribution in [0.5, 0.6) is 0 Å². The lowest BCUT2D eigenvalue weighted by Gasteiger charge is -2.32. The molecule has 0 bridgehead atoms. The highest BCUT2D eigenvalue weighted by molar-refractivity contribution is 5.86. The first-order valence-electron chi connectivity index (χ1n) is 7.24. The van der Waals surface area contributed by atoms with Gasteiger partial charge in [-0.1, -0.05) is 12.8 Å². The first-order valence-corrected chi connectivity index (χ1v) is 7.24. The Morgan fingerprint density at radius 3 is 2.47 bits per heavy atom. The van der Waals surface area contributed by atoms with E-state index in [-0.39, 0.29) is 0 Å². The van der Waals surface area contributed by atoms with Crippen LogP contribution < -0.4 is 5.43 Å². The summed E-state index contributed by atoms with van der Waals surface area (Å²) in [7, 11) is 0. The first-order chi connectivity index (χ1) is 9.42. The molecule has 0 spiro atoms. The van der Waals surface area contributed by atoms with E-state index in [0.717, 1.165) is 32.0 Å². The minimum atomic E-state index is 0.577. The van der Waals surface area contributed by atoms with Gasteiger partial charge in [0.25, 0.3) is 0 Å². The number of nitrogens with zero attached hydrogens (tertiary/aromatic N) is 4. The van der Waals surface area contributed by atoms with Gasteiger partial charge in [0.1, 0.15) is 0 Å². The summed E-state index contributed by atoms with van der Waals surface area (Å²) in [5, 5.41) is 4.43. The molecular weight excluding hydrogens is 238 g/mol. The second-order valence-electron chi connectivity index (χ2n) is 5.34. The highest BCUT2D eigenvalue weighted by atomic mass is 15.4. The van der Waals surface area contributed by atoms with Crippen LogP contribution in [0.3, 0.4) is 0 Å². The third kappa shape index (κ3) is 3.29. The van der Waals surface area contributed by atoms with Gasteiger partial charge in [0.05, 0.1) is 0 Å². The second-order valence-corrected chi connectivity index (χ2v) is 5.34. The van der Waals surface area contributed by atoms with E-state index in [0.29, 0.717) is 5.95 Å². The van der Waals surface area contributed by atoms with Gasteiger partial charge in [-0.25, -0.2) is 15.4 Å². The summed E-state index contributed by atoms with van der Waals surface area (Å²) in [6.45, 7) is 2.31. The molecule has 0 aromatic carbocycles. The number of rotatable bonds is 3. The molecule has 5 nitrogen and oxygen atoms in total. The smallest absolute Gasteiger partial charge is 0.243 e. The minimum Gasteiger partial charge on any atom is -0.300 e. The Hall–Kier alpha value is -1.49. The predicted octanol–water partition coefficient (Wildman–Crippen LogP) is 2.28. The lowest BCUT2D eigenvalue weighted by molar-refractivity contribution is 0.198. The largest absolute Gasteiger partial charge is 0.300 e. The Labute approximate surface area is 114 Å². The van der Waals surface area contributed by atoms with Crippen LogP contribution in [0.2, 0.25) is 0 Å². The van der Waals surface area contributed by atoms with Crippen LogP contribution in [0.1, 0.15) is 38.5 Å². The SMILES string of the molecule is c1cnc(NN=C2CCN(C3CCCC3)CC2)nc1. The van der Waals surface area contributed by atoms with E-state index in [1.54, 1.807) is 18.5 Å². The zero-order chi connectivity index (χ0) is 12.9. The number of likely N-dealkylation sites (tertiary alicyclic amines) is 1. The topological polar surface area (TPSA) is 53.4 Å². The van der Waals surface area contributed by atoms with Crippen molar-refractivity contribution in [1.29, 1.82) is 0 Å². The molecule has 1 saturated carbocycles. The maximum atomic E-state index is 4.43. The van der Waals surface area contributed by atoms with E-state index in [2.05, 4.69) is 25.4 Å². The van der Waals surface area contributed by atoms with Gasteiger partial charge in [-0.05, 0) is 18.9 Å². The molecule has 2 heterocycles. The summed E-state index contributed by atoms with van der Waals surface area (Å²) < 4.78 is 0. The third-order valence-electron chi connectivity index (χ3n) is 4.10. The molecule has 0 atom stereocenters. The summed E-state index contributed by atoms with van der Waals surface area (Å²) in [6, 6.07) is 2.64. The van der Waals surface area contributed by atoms with Crippen LogP contribution in [-0.2, 0) is 0 Å². The highest BCUT2D eigenvalue weighted by Crippen LogP contribution is 2.25. The average Bonchev–Trinajstić information content (AvgIpc) is 3.01. The lowest BCUT2D eigenvalue weighted by atomic mass is 10.1. The summed E-state index contributed by atoms with van der Waals surface area (Å²) in [5.74, 6) is 0.577. The Balaban J connectivity index is 1.49. The quantitative estimate of drug-likeness (QED) is 0.846. The lowest BCUT2D eigenvalue weighted by Crippen LogP contribution is -2.40. The van der Waals surface area contributed by atoms with Crippen molar-refractivity contribution >= 4 is 11.7 Å². The number of hydrogen-bond donors (Lipinski definition) is 1. The maximum absolute atomic E-state index is 4.43. The molecule has 0 unspecified atom stereocenters. The van der Waals surface area contributed by atoms with Crippen molar-refractivity contribution in [2.45, 2.75) is 44.6 Å². The van der Waals surface area contributed by atoms with Crippen LogP contribution in [-0.4, -0.2) is 39.7 Å². The number of hydrazone groups is 1. The van der Waals surface area contributed by atoms with Gasteiger partial charge in [0.2, 0.25) is 5.95 Å². The van der Waals surface area contributed by atoms with Crippen LogP contribution >= 0.6 is 0 Å². The third-order valence-corrected chi connectivity index (χ3v) is 4.10. The molecule has 1 aromatic rings. The van der Waals surface area contributed by atoms with Gasteiger partial charge in [-0.15, -0.1) is 0 Å². The van der Waals surface area contributed by atoms with E-state index in [4.69, 9.17) is 0 Å². The van der Waals surface area contributed by atoms with Crippen molar-refractivity contribution < 1.29 is 0 Å². The molecule has 1 aromatic heterocycles. The summed E-state index contributed by atoms with van der Waals surface area (Å²) >= 11 is 0. The predicted molar refractivity (Wildman–Crippen MR) is 76.2 cm³/mol. The van der Waals surface area contributed by atoms with E-state index >= 15 is 0 Å². The average molecular weight is 259 g/mol. The zero-order valence-corrected chi connectivity index (χ0v) is 11.3. The van der Waals surface area contributed by atoms with Gasteiger partial charge in [-0.3, -0.25) is 4.90 Å². The molecule has 1 saturated heterocycles. The molecule has 1 aliphatic heterocycles. The molecule has 1 N–H and O–H groups in total. The van der Waals surface area contributed by atoms with Gasteiger partial charge in [-0.2, -0.15) is 5.10 Å². The number of anilines is 1. The van der Waals surface area contributed by atoms with Crippen LogP contribution in [0, 0.1) is 0 Å². The van der Waals surface area contributed by atoms with Crippen molar-refractivity contribution in [3.8, 4) is 0 Å². The highest BCUT2D eigenvalue weighted by Gasteiger charge is 2.25. The molecular formula is C14H21N5. The molecule has 1 aliphatic carbocycles.